The lowest BCUT2D eigenvalue weighted by Crippen LogP contribution is -1.98. The van der Waals surface area contributed by atoms with Crippen LogP contribution < -0.4 is 4.74 Å². The number of ether oxygens (including phenoxy) is 1. The third-order valence-electron chi connectivity index (χ3n) is 3.60. The van der Waals surface area contributed by atoms with Crippen LogP contribution in [0.15, 0.2) is 53.7 Å². The van der Waals surface area contributed by atoms with Crippen molar-refractivity contribution in [3.8, 4) is 17.5 Å². The number of rotatable bonds is 7. The van der Waals surface area contributed by atoms with Crippen LogP contribution in [0.5, 0.6) is 5.75 Å². The third-order valence-corrected chi connectivity index (χ3v) is 4.62. The van der Waals surface area contributed by atoms with Crippen molar-refractivity contribution in [1.29, 1.82) is 5.26 Å². The first kappa shape index (κ1) is 16.4. The van der Waals surface area contributed by atoms with E-state index in [1.165, 1.54) is 0 Å². The fraction of sp³-hybridized carbons (Fsp3) is 0.263. The Labute approximate surface area is 146 Å². The van der Waals surface area contributed by atoms with Gasteiger partial charge in [-0.25, -0.2) is 4.98 Å². The predicted octanol–water partition coefficient (Wildman–Crippen LogP) is 4.82. The maximum absolute atomic E-state index is 8.69. The molecule has 0 atom stereocenters. The van der Waals surface area contributed by atoms with Gasteiger partial charge >= 0.3 is 0 Å². The summed E-state index contributed by atoms with van der Waals surface area (Å²) in [5, 5.41) is 9.64. The van der Waals surface area contributed by atoms with Gasteiger partial charge in [-0.1, -0.05) is 23.9 Å². The molecule has 0 saturated heterocycles. The number of thioether (sulfide) groups is 1. The maximum atomic E-state index is 8.69. The molecule has 1 aromatic heterocycles. The van der Waals surface area contributed by atoms with E-state index in [1.54, 1.807) is 11.8 Å². The number of fused-ring (bicyclic) bond motifs is 1. The first-order valence-electron chi connectivity index (χ1n) is 8.04. The summed E-state index contributed by atoms with van der Waals surface area (Å²) in [6.45, 7) is 2.64. The number of imidazole rings is 1. The molecule has 0 fully saturated rings. The largest absolute Gasteiger partial charge is 0.494 e. The monoisotopic (exact) mass is 337 g/mol. The van der Waals surface area contributed by atoms with E-state index in [0.717, 1.165) is 39.8 Å². The minimum atomic E-state index is 0.580. The van der Waals surface area contributed by atoms with Gasteiger partial charge in [0.05, 0.1) is 23.7 Å². The lowest BCUT2D eigenvalue weighted by molar-refractivity contribution is 0.340. The number of para-hydroxylation sites is 2. The smallest absolute Gasteiger partial charge is 0.173 e. The second-order valence-electron chi connectivity index (χ2n) is 5.26. The molecule has 24 heavy (non-hydrogen) atoms. The molecule has 0 aliphatic carbocycles. The zero-order valence-electron chi connectivity index (χ0n) is 13.6. The lowest BCUT2D eigenvalue weighted by Gasteiger charge is -2.10. The van der Waals surface area contributed by atoms with Crippen molar-refractivity contribution in [2.24, 2.45) is 0 Å². The van der Waals surface area contributed by atoms with E-state index in [2.05, 4.69) is 28.8 Å². The molecule has 5 heteroatoms. The highest BCUT2D eigenvalue weighted by Gasteiger charge is 2.12. The van der Waals surface area contributed by atoms with E-state index in [0.29, 0.717) is 13.0 Å². The van der Waals surface area contributed by atoms with Crippen molar-refractivity contribution in [2.75, 3.05) is 12.4 Å². The van der Waals surface area contributed by atoms with Crippen LogP contribution in [0.25, 0.3) is 16.7 Å². The molecule has 3 aromatic rings. The summed E-state index contributed by atoms with van der Waals surface area (Å²) >= 11 is 1.69. The highest BCUT2D eigenvalue weighted by Crippen LogP contribution is 2.29. The third kappa shape index (κ3) is 3.55. The quantitative estimate of drug-likeness (QED) is 0.458. The number of unbranched alkanes of at least 4 members (excludes halogenated alkanes) is 1. The maximum Gasteiger partial charge on any atom is 0.173 e. The molecule has 0 radical (unpaired) electrons. The Balaban J connectivity index is 1.96. The minimum absolute atomic E-state index is 0.580. The normalized spacial score (nSPS) is 10.7. The van der Waals surface area contributed by atoms with Gasteiger partial charge in [0.15, 0.2) is 5.16 Å². The van der Waals surface area contributed by atoms with Gasteiger partial charge < -0.3 is 4.74 Å². The van der Waals surface area contributed by atoms with Gasteiger partial charge in [-0.15, -0.1) is 0 Å². The number of hydrogen-bond acceptors (Lipinski definition) is 4. The summed E-state index contributed by atoms with van der Waals surface area (Å²) in [4.78, 5) is 4.76. The second-order valence-corrected chi connectivity index (χ2v) is 6.32. The summed E-state index contributed by atoms with van der Waals surface area (Å²) in [5.41, 5.74) is 3.13. The molecule has 3 rings (SSSR count). The molecular formula is C19H19N3OS. The van der Waals surface area contributed by atoms with Crippen LogP contribution in [0.2, 0.25) is 0 Å². The zero-order chi connectivity index (χ0) is 16.8. The standard InChI is InChI=1S/C19H19N3OS/c1-2-23-16-11-9-15(10-12-16)22-18-8-4-3-7-17(18)21-19(22)24-14-6-5-13-20/h3-4,7-12H,2,5-6,14H2,1H3. The topological polar surface area (TPSA) is 50.8 Å². The zero-order valence-corrected chi connectivity index (χ0v) is 14.4. The van der Waals surface area contributed by atoms with E-state index in [1.807, 2.05) is 37.3 Å². The van der Waals surface area contributed by atoms with Crippen LogP contribution in [0.3, 0.4) is 0 Å². The Morgan fingerprint density at radius 1 is 1.17 bits per heavy atom. The highest BCUT2D eigenvalue weighted by atomic mass is 32.2. The molecule has 0 N–H and O–H groups in total. The van der Waals surface area contributed by atoms with Gasteiger partial charge in [-0.2, -0.15) is 5.26 Å². The van der Waals surface area contributed by atoms with Crippen molar-refractivity contribution < 1.29 is 4.74 Å². The first-order chi connectivity index (χ1) is 11.8. The summed E-state index contributed by atoms with van der Waals surface area (Å²) in [7, 11) is 0. The van der Waals surface area contributed by atoms with Crippen LogP contribution in [-0.2, 0) is 0 Å². The molecular weight excluding hydrogens is 318 g/mol. The van der Waals surface area contributed by atoms with Crippen molar-refractivity contribution in [3.05, 3.63) is 48.5 Å². The number of nitriles is 1. The van der Waals surface area contributed by atoms with Crippen LogP contribution in [-0.4, -0.2) is 21.9 Å². The Morgan fingerprint density at radius 3 is 2.71 bits per heavy atom. The highest BCUT2D eigenvalue weighted by molar-refractivity contribution is 7.99. The van der Waals surface area contributed by atoms with Crippen LogP contribution >= 0.6 is 11.8 Å². The number of benzene rings is 2. The van der Waals surface area contributed by atoms with Gasteiger partial charge in [0.25, 0.3) is 0 Å². The molecule has 0 bridgehead atoms. The fourth-order valence-corrected chi connectivity index (χ4v) is 3.49. The molecule has 0 unspecified atom stereocenters. The molecule has 1 heterocycles. The average Bonchev–Trinajstić information content (AvgIpc) is 2.98. The Bertz CT molecular complexity index is 849. The Hall–Kier alpha value is -2.45. The summed E-state index contributed by atoms with van der Waals surface area (Å²) in [6, 6.07) is 18.4. The van der Waals surface area contributed by atoms with Gasteiger partial charge in [0, 0.05) is 17.9 Å². The number of nitrogens with zero attached hydrogens (tertiary/aromatic N) is 3. The van der Waals surface area contributed by atoms with Crippen LogP contribution in [0.1, 0.15) is 19.8 Å². The predicted molar refractivity (Wildman–Crippen MR) is 97.8 cm³/mol. The molecule has 0 aliphatic rings. The molecule has 2 aromatic carbocycles. The van der Waals surface area contributed by atoms with Crippen LogP contribution in [0, 0.1) is 11.3 Å². The Kier molecular flexibility index (Phi) is 5.39. The summed E-state index contributed by atoms with van der Waals surface area (Å²) < 4.78 is 7.70. The van der Waals surface area contributed by atoms with Gasteiger partial charge in [-0.05, 0) is 49.7 Å². The van der Waals surface area contributed by atoms with E-state index in [4.69, 9.17) is 15.0 Å². The average molecular weight is 337 g/mol. The molecule has 4 nitrogen and oxygen atoms in total. The Morgan fingerprint density at radius 2 is 1.96 bits per heavy atom. The molecule has 0 aliphatic heterocycles. The van der Waals surface area contributed by atoms with Crippen LogP contribution in [0.4, 0.5) is 0 Å². The van der Waals surface area contributed by atoms with Crippen molar-refractivity contribution in [2.45, 2.75) is 24.9 Å². The van der Waals surface area contributed by atoms with Gasteiger partial charge in [-0.3, -0.25) is 4.57 Å². The molecule has 0 spiro atoms. The molecule has 0 amide bonds. The minimum Gasteiger partial charge on any atom is -0.494 e. The van der Waals surface area contributed by atoms with Crippen molar-refractivity contribution >= 4 is 22.8 Å². The van der Waals surface area contributed by atoms with Crippen molar-refractivity contribution in [1.82, 2.24) is 9.55 Å². The molecule has 122 valence electrons. The summed E-state index contributed by atoms with van der Waals surface area (Å²) in [6.07, 6.45) is 1.45. The van der Waals surface area contributed by atoms with E-state index >= 15 is 0 Å². The van der Waals surface area contributed by atoms with Crippen molar-refractivity contribution in [3.63, 3.8) is 0 Å². The second kappa shape index (κ2) is 7.89. The number of aromatic nitrogens is 2. The number of hydrogen-bond donors (Lipinski definition) is 0. The van der Waals surface area contributed by atoms with Gasteiger partial charge in [0.1, 0.15) is 5.75 Å². The SMILES string of the molecule is CCOc1ccc(-n2c(SCCCC#N)nc3ccccc32)cc1. The summed E-state index contributed by atoms with van der Waals surface area (Å²) in [5.74, 6) is 1.75. The fourth-order valence-electron chi connectivity index (χ4n) is 2.52. The lowest BCUT2D eigenvalue weighted by atomic mass is 10.2. The van der Waals surface area contributed by atoms with E-state index in [9.17, 15) is 0 Å². The first-order valence-corrected chi connectivity index (χ1v) is 9.02. The van der Waals surface area contributed by atoms with E-state index < -0.39 is 0 Å². The van der Waals surface area contributed by atoms with Gasteiger partial charge in [0.2, 0.25) is 0 Å². The molecule has 0 saturated carbocycles. The van der Waals surface area contributed by atoms with E-state index in [-0.39, 0.29) is 0 Å².